The number of nitrogens with one attached hydrogen (secondary N) is 1. The van der Waals surface area contributed by atoms with E-state index in [4.69, 9.17) is 4.74 Å². The third-order valence-corrected chi connectivity index (χ3v) is 6.34. The first-order valence-corrected chi connectivity index (χ1v) is 10.3. The summed E-state index contributed by atoms with van der Waals surface area (Å²) in [6.07, 6.45) is 7.23. The van der Waals surface area contributed by atoms with Crippen LogP contribution in [0, 0.1) is 5.92 Å². The molecule has 0 bridgehead atoms. The van der Waals surface area contributed by atoms with Crippen LogP contribution in [-0.2, 0) is 14.3 Å². The zero-order valence-corrected chi connectivity index (χ0v) is 15.9. The summed E-state index contributed by atoms with van der Waals surface area (Å²) in [4.78, 5) is 23.8. The SMILES string of the molecule is CCOC(=O)C(CC)Sc1nnc(NC(=O)CCC2CCCC2)s1. The van der Waals surface area contributed by atoms with E-state index in [2.05, 4.69) is 15.5 Å². The summed E-state index contributed by atoms with van der Waals surface area (Å²) < 4.78 is 5.71. The number of aromatic nitrogens is 2. The molecule has 8 heteroatoms. The van der Waals surface area contributed by atoms with Crippen LogP contribution in [0.25, 0.3) is 0 Å². The van der Waals surface area contributed by atoms with E-state index in [-0.39, 0.29) is 17.1 Å². The average Bonchev–Trinajstić information content (AvgIpc) is 3.22. The first-order valence-electron chi connectivity index (χ1n) is 8.59. The molecule has 1 aromatic heterocycles. The molecule has 1 N–H and O–H groups in total. The number of ether oxygens (including phenoxy) is 1. The third-order valence-electron chi connectivity index (χ3n) is 4.07. The molecule has 2 rings (SSSR count). The fourth-order valence-corrected chi connectivity index (χ4v) is 4.71. The predicted octanol–water partition coefficient (Wildman–Crippen LogP) is 3.88. The van der Waals surface area contributed by atoms with Gasteiger partial charge in [0.15, 0.2) is 4.34 Å². The van der Waals surface area contributed by atoms with Crippen LogP contribution in [0.4, 0.5) is 5.13 Å². The fourth-order valence-electron chi connectivity index (χ4n) is 2.78. The molecular formula is C16H25N3O3S2. The molecule has 6 nitrogen and oxygen atoms in total. The maximum absolute atomic E-state index is 12.0. The van der Waals surface area contributed by atoms with Gasteiger partial charge in [-0.2, -0.15) is 0 Å². The zero-order chi connectivity index (χ0) is 17.4. The van der Waals surface area contributed by atoms with Crippen LogP contribution in [-0.4, -0.2) is 33.9 Å². The van der Waals surface area contributed by atoms with E-state index in [1.165, 1.54) is 48.8 Å². The molecule has 1 aromatic rings. The van der Waals surface area contributed by atoms with Crippen LogP contribution in [0.3, 0.4) is 0 Å². The summed E-state index contributed by atoms with van der Waals surface area (Å²) in [5.41, 5.74) is 0. The largest absolute Gasteiger partial charge is 0.465 e. The van der Waals surface area contributed by atoms with Gasteiger partial charge in [0, 0.05) is 6.42 Å². The minimum absolute atomic E-state index is 0.00738. The van der Waals surface area contributed by atoms with Crippen LogP contribution in [0.5, 0.6) is 0 Å². The van der Waals surface area contributed by atoms with Gasteiger partial charge in [0.2, 0.25) is 11.0 Å². The molecule has 1 heterocycles. The molecule has 0 aliphatic heterocycles. The summed E-state index contributed by atoms with van der Waals surface area (Å²) in [6.45, 7) is 4.09. The Morgan fingerprint density at radius 1 is 1.33 bits per heavy atom. The van der Waals surface area contributed by atoms with E-state index in [1.807, 2.05) is 6.92 Å². The topological polar surface area (TPSA) is 81.2 Å². The van der Waals surface area contributed by atoms with E-state index in [1.54, 1.807) is 6.92 Å². The van der Waals surface area contributed by atoms with Gasteiger partial charge in [-0.1, -0.05) is 55.7 Å². The summed E-state index contributed by atoms with van der Waals surface area (Å²) in [7, 11) is 0. The lowest BCUT2D eigenvalue weighted by Crippen LogP contribution is -2.19. The Hall–Kier alpha value is -1.15. The molecule has 1 saturated carbocycles. The molecule has 1 atom stereocenters. The highest BCUT2D eigenvalue weighted by Crippen LogP contribution is 2.31. The number of hydrogen-bond acceptors (Lipinski definition) is 7. The van der Waals surface area contributed by atoms with Crippen molar-refractivity contribution in [2.24, 2.45) is 5.92 Å². The number of thioether (sulfide) groups is 1. The summed E-state index contributed by atoms with van der Waals surface area (Å²) >= 11 is 2.64. The van der Waals surface area contributed by atoms with Gasteiger partial charge in [-0.25, -0.2) is 0 Å². The first-order chi connectivity index (χ1) is 11.6. The number of amides is 1. The van der Waals surface area contributed by atoms with Crippen molar-refractivity contribution in [1.29, 1.82) is 0 Å². The van der Waals surface area contributed by atoms with Crippen molar-refractivity contribution in [2.45, 2.75) is 68.4 Å². The number of hydrogen-bond donors (Lipinski definition) is 1. The first kappa shape index (κ1) is 19.2. The Bertz CT molecular complexity index is 544. The van der Waals surface area contributed by atoms with Crippen molar-refractivity contribution in [3.63, 3.8) is 0 Å². The van der Waals surface area contributed by atoms with Crippen molar-refractivity contribution in [1.82, 2.24) is 10.2 Å². The zero-order valence-electron chi connectivity index (χ0n) is 14.2. The van der Waals surface area contributed by atoms with Crippen LogP contribution >= 0.6 is 23.1 Å². The van der Waals surface area contributed by atoms with E-state index in [9.17, 15) is 9.59 Å². The monoisotopic (exact) mass is 371 g/mol. The average molecular weight is 372 g/mol. The quantitative estimate of drug-likeness (QED) is 0.403. The van der Waals surface area contributed by atoms with Crippen molar-refractivity contribution in [3.05, 3.63) is 0 Å². The molecule has 1 aliphatic carbocycles. The van der Waals surface area contributed by atoms with E-state index in [0.717, 1.165) is 6.42 Å². The molecule has 1 fully saturated rings. The molecule has 0 saturated heterocycles. The second-order valence-corrected chi connectivity index (χ2v) is 8.30. The lowest BCUT2D eigenvalue weighted by molar-refractivity contribution is -0.142. The normalized spacial score (nSPS) is 16.1. The highest BCUT2D eigenvalue weighted by atomic mass is 32.2. The Labute approximate surface area is 151 Å². The third kappa shape index (κ3) is 6.05. The van der Waals surface area contributed by atoms with Crippen molar-refractivity contribution >= 4 is 40.1 Å². The Balaban J connectivity index is 1.78. The molecule has 0 aromatic carbocycles. The lowest BCUT2D eigenvalue weighted by Gasteiger charge is -2.10. The smallest absolute Gasteiger partial charge is 0.319 e. The van der Waals surface area contributed by atoms with Crippen molar-refractivity contribution in [2.75, 3.05) is 11.9 Å². The molecule has 1 aliphatic rings. The Morgan fingerprint density at radius 3 is 2.75 bits per heavy atom. The van der Waals surface area contributed by atoms with Crippen LogP contribution in [0.1, 0.15) is 58.8 Å². The molecule has 24 heavy (non-hydrogen) atoms. The minimum atomic E-state index is -0.288. The predicted molar refractivity (Wildman–Crippen MR) is 96.3 cm³/mol. The van der Waals surface area contributed by atoms with Crippen LogP contribution in [0.15, 0.2) is 4.34 Å². The summed E-state index contributed by atoms with van der Waals surface area (Å²) in [5, 5.41) is 11.1. The Morgan fingerprint density at radius 2 is 2.08 bits per heavy atom. The van der Waals surface area contributed by atoms with Gasteiger partial charge in [0.05, 0.1) is 6.61 Å². The number of anilines is 1. The standard InChI is InChI=1S/C16H25N3O3S2/c1-3-12(14(21)22-4-2)23-16-19-18-15(24-16)17-13(20)10-9-11-7-5-6-8-11/h11-12H,3-10H2,1-2H3,(H,17,18,20). The van der Waals surface area contributed by atoms with Gasteiger partial charge in [-0.15, -0.1) is 10.2 Å². The fraction of sp³-hybridized carbons (Fsp3) is 0.750. The molecular weight excluding hydrogens is 346 g/mol. The van der Waals surface area contributed by atoms with Gasteiger partial charge < -0.3 is 10.1 Å². The second kappa shape index (κ2) is 9.98. The summed E-state index contributed by atoms with van der Waals surface area (Å²) in [6, 6.07) is 0. The van der Waals surface area contributed by atoms with Gasteiger partial charge in [-0.05, 0) is 25.7 Å². The molecule has 134 valence electrons. The molecule has 0 spiro atoms. The van der Waals surface area contributed by atoms with Crippen LogP contribution < -0.4 is 5.32 Å². The summed E-state index contributed by atoms with van der Waals surface area (Å²) in [5.74, 6) is 0.459. The number of esters is 1. The number of nitrogens with zero attached hydrogens (tertiary/aromatic N) is 2. The van der Waals surface area contributed by atoms with Gasteiger partial charge in [0.25, 0.3) is 0 Å². The van der Waals surface area contributed by atoms with Crippen LogP contribution in [0.2, 0.25) is 0 Å². The Kier molecular flexibility index (Phi) is 7.98. The number of carbonyl (C=O) groups is 2. The number of carbonyl (C=O) groups excluding carboxylic acids is 2. The highest BCUT2D eigenvalue weighted by Gasteiger charge is 2.22. The van der Waals surface area contributed by atoms with Gasteiger partial charge in [-0.3, -0.25) is 9.59 Å². The molecule has 1 unspecified atom stereocenters. The van der Waals surface area contributed by atoms with Gasteiger partial charge in [0.1, 0.15) is 5.25 Å². The second-order valence-electron chi connectivity index (χ2n) is 5.88. The maximum Gasteiger partial charge on any atom is 0.319 e. The van der Waals surface area contributed by atoms with Gasteiger partial charge >= 0.3 is 5.97 Å². The minimum Gasteiger partial charge on any atom is -0.465 e. The van der Waals surface area contributed by atoms with Crippen molar-refractivity contribution < 1.29 is 14.3 Å². The highest BCUT2D eigenvalue weighted by molar-refractivity contribution is 8.02. The van der Waals surface area contributed by atoms with E-state index >= 15 is 0 Å². The van der Waals surface area contributed by atoms with E-state index < -0.39 is 0 Å². The van der Waals surface area contributed by atoms with E-state index in [0.29, 0.717) is 34.8 Å². The lowest BCUT2D eigenvalue weighted by atomic mass is 10.0. The molecule has 1 amide bonds. The maximum atomic E-state index is 12.0. The number of rotatable bonds is 9. The molecule has 0 radical (unpaired) electrons. The van der Waals surface area contributed by atoms with Crippen molar-refractivity contribution in [3.8, 4) is 0 Å².